The molecule has 0 saturated carbocycles. The molecule has 9 heteroatoms. The smallest absolute Gasteiger partial charge is 0.324 e. The number of piperidine rings is 2. The first-order valence-corrected chi connectivity index (χ1v) is 13.3. The lowest BCUT2D eigenvalue weighted by atomic mass is 9.83. The highest BCUT2D eigenvalue weighted by molar-refractivity contribution is 6.05. The summed E-state index contributed by atoms with van der Waals surface area (Å²) in [5.74, 6) is 0.768. The molecule has 3 aliphatic rings. The predicted octanol–water partition coefficient (Wildman–Crippen LogP) is 2.29. The van der Waals surface area contributed by atoms with Crippen LogP contribution in [-0.4, -0.2) is 98.2 Å². The van der Waals surface area contributed by atoms with Gasteiger partial charge in [0.25, 0.3) is 5.91 Å². The molecule has 3 unspecified atom stereocenters. The lowest BCUT2D eigenvalue weighted by Crippen LogP contribution is -2.52. The zero-order chi connectivity index (χ0) is 25.5. The van der Waals surface area contributed by atoms with Crippen LogP contribution in [0.25, 0.3) is 0 Å². The van der Waals surface area contributed by atoms with Crippen LogP contribution in [0.1, 0.15) is 44.1 Å². The molecule has 0 aliphatic carbocycles. The van der Waals surface area contributed by atoms with Gasteiger partial charge in [-0.15, -0.1) is 0 Å². The molecule has 0 bridgehead atoms. The Kier molecular flexibility index (Phi) is 9.20. The molecular weight excluding hydrogens is 460 g/mol. The fraction of sp³-hybridized carbons (Fsp3) is 0.667. The summed E-state index contributed by atoms with van der Waals surface area (Å²) in [4.78, 5) is 44.6. The minimum atomic E-state index is -0.816. The fourth-order valence-corrected chi connectivity index (χ4v) is 5.86. The van der Waals surface area contributed by atoms with Crippen LogP contribution < -0.4 is 10.1 Å². The summed E-state index contributed by atoms with van der Waals surface area (Å²) in [5, 5.41) is 2.73. The average molecular weight is 501 g/mol. The van der Waals surface area contributed by atoms with E-state index in [9.17, 15) is 14.4 Å². The van der Waals surface area contributed by atoms with Crippen molar-refractivity contribution in [2.45, 2.75) is 57.0 Å². The van der Waals surface area contributed by atoms with Crippen molar-refractivity contribution in [1.29, 1.82) is 0 Å². The highest BCUT2D eigenvalue weighted by Crippen LogP contribution is 2.31. The van der Waals surface area contributed by atoms with Crippen molar-refractivity contribution < 1.29 is 23.9 Å². The molecule has 1 N–H and O–H groups in total. The molecule has 4 amide bonds. The quantitative estimate of drug-likeness (QED) is 0.469. The van der Waals surface area contributed by atoms with Crippen LogP contribution in [-0.2, 0) is 20.7 Å². The molecule has 1 aromatic rings. The van der Waals surface area contributed by atoms with Gasteiger partial charge in [0, 0.05) is 32.8 Å². The third-order valence-corrected chi connectivity index (χ3v) is 7.87. The summed E-state index contributed by atoms with van der Waals surface area (Å²) in [5.41, 5.74) is 1.01. The second kappa shape index (κ2) is 12.5. The Morgan fingerprint density at radius 2 is 1.86 bits per heavy atom. The number of rotatable bonds is 11. The lowest BCUT2D eigenvalue weighted by molar-refractivity contribution is -0.137. The number of carbonyl (C=O) groups is 3. The number of methoxy groups -OCH3 is 2. The summed E-state index contributed by atoms with van der Waals surface area (Å²) in [6.07, 6.45) is 6.51. The van der Waals surface area contributed by atoms with E-state index < -0.39 is 12.1 Å². The zero-order valence-electron chi connectivity index (χ0n) is 21.6. The van der Waals surface area contributed by atoms with Crippen LogP contribution in [0, 0.1) is 5.92 Å². The van der Waals surface area contributed by atoms with Crippen molar-refractivity contribution in [3.8, 4) is 5.75 Å². The maximum atomic E-state index is 13.4. The number of ether oxygens (including phenoxy) is 2. The predicted molar refractivity (Wildman–Crippen MR) is 136 cm³/mol. The number of imide groups is 1. The largest absolute Gasteiger partial charge is 0.497 e. The Morgan fingerprint density at radius 1 is 1.08 bits per heavy atom. The summed E-state index contributed by atoms with van der Waals surface area (Å²) in [7, 11) is 3.24. The molecule has 198 valence electrons. The third kappa shape index (κ3) is 6.37. The molecule has 3 saturated heterocycles. The molecule has 3 atom stereocenters. The van der Waals surface area contributed by atoms with Gasteiger partial charge in [0.2, 0.25) is 5.91 Å². The van der Waals surface area contributed by atoms with Gasteiger partial charge >= 0.3 is 6.03 Å². The lowest BCUT2D eigenvalue weighted by Gasteiger charge is -2.45. The third-order valence-electron chi connectivity index (χ3n) is 7.87. The number of nitrogens with one attached hydrogen (secondary N) is 1. The first-order valence-electron chi connectivity index (χ1n) is 13.3. The Labute approximate surface area is 214 Å². The molecule has 9 nitrogen and oxygen atoms in total. The van der Waals surface area contributed by atoms with Crippen molar-refractivity contribution in [3.05, 3.63) is 29.8 Å². The van der Waals surface area contributed by atoms with Crippen molar-refractivity contribution in [2.24, 2.45) is 5.92 Å². The molecule has 0 aromatic heterocycles. The van der Waals surface area contributed by atoms with Gasteiger partial charge in [-0.1, -0.05) is 18.6 Å². The molecular formula is C27H40N4O5. The van der Waals surface area contributed by atoms with Crippen LogP contribution in [0.4, 0.5) is 4.79 Å². The normalized spacial score (nSPS) is 24.4. The minimum absolute atomic E-state index is 0.0194. The van der Waals surface area contributed by atoms with Crippen molar-refractivity contribution in [2.75, 3.05) is 53.6 Å². The highest BCUT2D eigenvalue weighted by atomic mass is 16.5. The number of hydrogen-bond acceptors (Lipinski definition) is 6. The molecule has 4 rings (SSSR count). The summed E-state index contributed by atoms with van der Waals surface area (Å²) >= 11 is 0. The van der Waals surface area contributed by atoms with Crippen molar-refractivity contribution in [1.82, 2.24) is 20.0 Å². The van der Waals surface area contributed by atoms with Gasteiger partial charge in [0.1, 0.15) is 11.8 Å². The number of amides is 4. The molecule has 0 spiro atoms. The molecule has 36 heavy (non-hydrogen) atoms. The first kappa shape index (κ1) is 26.4. The van der Waals surface area contributed by atoms with Gasteiger partial charge in [-0.25, -0.2) is 4.79 Å². The average Bonchev–Trinajstić information content (AvgIpc) is 3.17. The zero-order valence-corrected chi connectivity index (χ0v) is 21.6. The molecule has 0 radical (unpaired) electrons. The van der Waals surface area contributed by atoms with Crippen molar-refractivity contribution in [3.63, 3.8) is 0 Å². The number of fused-ring (bicyclic) bond motifs is 1. The Balaban J connectivity index is 1.34. The molecule has 1 aromatic carbocycles. The fourth-order valence-electron chi connectivity index (χ4n) is 5.86. The van der Waals surface area contributed by atoms with E-state index in [1.54, 1.807) is 14.2 Å². The van der Waals surface area contributed by atoms with Crippen LogP contribution in [0.2, 0.25) is 0 Å². The molecule has 3 aliphatic heterocycles. The Hall–Kier alpha value is -2.65. The van der Waals surface area contributed by atoms with E-state index in [4.69, 9.17) is 9.47 Å². The number of hydrogen-bond donors (Lipinski definition) is 1. The maximum absolute atomic E-state index is 13.4. The Bertz CT molecular complexity index is 906. The van der Waals surface area contributed by atoms with Gasteiger partial charge in [-0.3, -0.25) is 14.5 Å². The van der Waals surface area contributed by atoms with Crippen molar-refractivity contribution >= 4 is 17.8 Å². The van der Waals surface area contributed by atoms with E-state index in [-0.39, 0.29) is 24.8 Å². The topological polar surface area (TPSA) is 91.4 Å². The second-order valence-electron chi connectivity index (χ2n) is 10.1. The number of benzene rings is 1. The minimum Gasteiger partial charge on any atom is -0.497 e. The number of nitrogens with zero attached hydrogens (tertiary/aromatic N) is 3. The monoisotopic (exact) mass is 500 g/mol. The molecule has 3 heterocycles. The van der Waals surface area contributed by atoms with E-state index in [0.29, 0.717) is 38.1 Å². The second-order valence-corrected chi connectivity index (χ2v) is 10.1. The van der Waals surface area contributed by atoms with Gasteiger partial charge in [-0.05, 0) is 68.8 Å². The van der Waals surface area contributed by atoms with Crippen LogP contribution >= 0.6 is 0 Å². The van der Waals surface area contributed by atoms with E-state index in [1.807, 2.05) is 29.2 Å². The van der Waals surface area contributed by atoms with E-state index in [1.165, 1.54) is 24.2 Å². The SMILES string of the molecule is COCCN(CC1CCCN2CCCCC12)C(=O)CC1NC(=O)N(CCc2ccc(OC)cc2)C1=O. The maximum Gasteiger partial charge on any atom is 0.324 e. The summed E-state index contributed by atoms with van der Waals surface area (Å²) in [6.45, 7) is 4.21. The first-order chi connectivity index (χ1) is 17.5. The number of urea groups is 1. The van der Waals surface area contributed by atoms with E-state index in [0.717, 1.165) is 37.2 Å². The Morgan fingerprint density at radius 3 is 2.61 bits per heavy atom. The standard InChI is InChI=1S/C27H40N4O5/c1-35-17-16-30(19-21-6-5-14-29-13-4-3-7-24(21)29)25(32)18-23-26(33)31(27(34)28-23)15-12-20-8-10-22(36-2)11-9-20/h8-11,21,23-24H,3-7,12-19H2,1-2H3,(H,28,34). The van der Waals surface area contributed by atoms with Gasteiger partial charge in [0.05, 0.1) is 20.1 Å². The molecule has 3 fully saturated rings. The van der Waals surface area contributed by atoms with Crippen LogP contribution in [0.3, 0.4) is 0 Å². The van der Waals surface area contributed by atoms with Gasteiger partial charge in [0.15, 0.2) is 0 Å². The van der Waals surface area contributed by atoms with Gasteiger partial charge < -0.3 is 24.6 Å². The highest BCUT2D eigenvalue weighted by Gasteiger charge is 2.40. The van der Waals surface area contributed by atoms with E-state index >= 15 is 0 Å². The summed E-state index contributed by atoms with van der Waals surface area (Å²) in [6, 6.07) is 6.84. The van der Waals surface area contributed by atoms with Crippen LogP contribution in [0.15, 0.2) is 24.3 Å². The number of carbonyl (C=O) groups excluding carboxylic acids is 3. The van der Waals surface area contributed by atoms with Gasteiger partial charge in [-0.2, -0.15) is 0 Å². The van der Waals surface area contributed by atoms with Crippen LogP contribution in [0.5, 0.6) is 5.75 Å². The van der Waals surface area contributed by atoms with E-state index in [2.05, 4.69) is 10.2 Å². The summed E-state index contributed by atoms with van der Waals surface area (Å²) < 4.78 is 10.5.